The number of aromatic nitrogens is 2. The molecule has 5 nitrogen and oxygen atoms in total. The van der Waals surface area contributed by atoms with E-state index in [0.717, 1.165) is 0 Å². The fourth-order valence-electron chi connectivity index (χ4n) is 0.322. The smallest absolute Gasteiger partial charge is 0.259 e. The Morgan fingerprint density at radius 1 is 1.11 bits per heavy atom. The van der Waals surface area contributed by atoms with Gasteiger partial charge in [0.05, 0.1) is 0 Å². The number of hydrogen-bond donors (Lipinski definition) is 0. The van der Waals surface area contributed by atoms with Gasteiger partial charge < -0.3 is 0 Å². The van der Waals surface area contributed by atoms with Crippen molar-refractivity contribution in [3.63, 3.8) is 0 Å². The molecule has 0 aliphatic heterocycles. The Kier molecular flexibility index (Phi) is 1.35. The molecule has 0 fully saturated rings. The molecule has 44 valence electrons. The van der Waals surface area contributed by atoms with Gasteiger partial charge in [0.15, 0.2) is 11.4 Å². The molecule has 1 rings (SSSR count). The SMILES string of the molecule is O=[C]c1nonc1[C]=O. The lowest BCUT2D eigenvalue weighted by molar-refractivity contribution is 0.305. The Hall–Kier alpha value is -1.52. The molecule has 0 atom stereocenters. The van der Waals surface area contributed by atoms with E-state index < -0.39 is 0 Å². The predicted octanol–water partition coefficient (Wildman–Crippen LogP) is -1.01. The summed E-state index contributed by atoms with van der Waals surface area (Å²) in [5.41, 5.74) is -0.491. The summed E-state index contributed by atoms with van der Waals surface area (Å²) in [5.74, 6) is 0. The van der Waals surface area contributed by atoms with E-state index in [1.165, 1.54) is 12.6 Å². The topological polar surface area (TPSA) is 73.1 Å². The van der Waals surface area contributed by atoms with Gasteiger partial charge in [-0.15, -0.1) is 0 Å². The zero-order valence-corrected chi connectivity index (χ0v) is 4.12. The third kappa shape index (κ3) is 0.835. The summed E-state index contributed by atoms with van der Waals surface area (Å²) < 4.78 is 4.00. The molecule has 2 radical (unpaired) electrons. The minimum absolute atomic E-state index is 0.245. The van der Waals surface area contributed by atoms with Gasteiger partial charge in [-0.1, -0.05) is 0 Å². The first-order valence-corrected chi connectivity index (χ1v) is 1.97. The highest BCUT2D eigenvalue weighted by Gasteiger charge is 2.07. The molecule has 0 aliphatic carbocycles. The molecule has 1 aromatic heterocycles. The van der Waals surface area contributed by atoms with Crippen LogP contribution in [0.1, 0.15) is 11.4 Å². The van der Waals surface area contributed by atoms with E-state index in [2.05, 4.69) is 14.9 Å². The van der Waals surface area contributed by atoms with E-state index in [1.807, 2.05) is 0 Å². The zero-order chi connectivity index (χ0) is 6.69. The van der Waals surface area contributed by atoms with E-state index in [0.29, 0.717) is 0 Å². The molecule has 0 spiro atoms. The van der Waals surface area contributed by atoms with Gasteiger partial charge in [0.25, 0.3) is 12.6 Å². The fraction of sp³-hybridized carbons (Fsp3) is 0. The van der Waals surface area contributed by atoms with E-state index >= 15 is 0 Å². The second kappa shape index (κ2) is 2.17. The molecule has 1 heterocycles. The summed E-state index contributed by atoms with van der Waals surface area (Å²) in [6, 6.07) is 0. The van der Waals surface area contributed by atoms with Gasteiger partial charge in [0.1, 0.15) is 0 Å². The molecule has 0 aromatic carbocycles. The van der Waals surface area contributed by atoms with Gasteiger partial charge in [-0.2, -0.15) is 0 Å². The Morgan fingerprint density at radius 3 is 1.89 bits per heavy atom. The minimum atomic E-state index is -0.245. The maximum Gasteiger partial charge on any atom is 0.259 e. The third-order valence-electron chi connectivity index (χ3n) is 0.682. The fourth-order valence-corrected chi connectivity index (χ4v) is 0.322. The second-order valence-electron chi connectivity index (χ2n) is 1.17. The van der Waals surface area contributed by atoms with Crippen molar-refractivity contribution in [1.29, 1.82) is 0 Å². The molecule has 0 saturated carbocycles. The van der Waals surface area contributed by atoms with Crippen LogP contribution < -0.4 is 0 Å². The normalized spacial score (nSPS) is 8.89. The van der Waals surface area contributed by atoms with Crippen molar-refractivity contribution in [1.82, 2.24) is 10.3 Å². The Labute approximate surface area is 49.6 Å². The number of rotatable bonds is 2. The number of hydrogen-bond acceptors (Lipinski definition) is 5. The minimum Gasteiger partial charge on any atom is -0.283 e. The van der Waals surface area contributed by atoms with Crippen molar-refractivity contribution >= 4 is 12.6 Å². The molecule has 0 N–H and O–H groups in total. The Bertz CT molecular complexity index is 207. The van der Waals surface area contributed by atoms with E-state index in [-0.39, 0.29) is 11.4 Å². The summed E-state index contributed by atoms with van der Waals surface area (Å²) in [5, 5.41) is 6.07. The van der Waals surface area contributed by atoms with Crippen LogP contribution in [0.4, 0.5) is 0 Å². The molecule has 0 aliphatic rings. The van der Waals surface area contributed by atoms with Gasteiger partial charge in [-0.05, 0) is 10.3 Å². The highest BCUT2D eigenvalue weighted by Crippen LogP contribution is 1.92. The molecule has 0 bridgehead atoms. The molecule has 5 heteroatoms. The first kappa shape index (κ1) is 5.61. The molecule has 0 unspecified atom stereocenters. The standard InChI is InChI=1S/C4N2O3/c7-1-3-4(2-8)6-9-5-3. The van der Waals surface area contributed by atoms with Gasteiger partial charge >= 0.3 is 0 Å². The summed E-state index contributed by atoms with van der Waals surface area (Å²) in [6.07, 6.45) is 2.69. The first-order valence-electron chi connectivity index (χ1n) is 1.97. The monoisotopic (exact) mass is 124 g/mol. The van der Waals surface area contributed by atoms with Crippen molar-refractivity contribution in [2.75, 3.05) is 0 Å². The van der Waals surface area contributed by atoms with Gasteiger partial charge in [-0.3, -0.25) is 9.59 Å². The van der Waals surface area contributed by atoms with Gasteiger partial charge in [0.2, 0.25) is 0 Å². The van der Waals surface area contributed by atoms with Crippen molar-refractivity contribution in [3.8, 4) is 0 Å². The summed E-state index contributed by atoms with van der Waals surface area (Å²) in [4.78, 5) is 19.6. The average Bonchev–Trinajstić information content (AvgIpc) is 2.33. The zero-order valence-electron chi connectivity index (χ0n) is 4.12. The lowest BCUT2D eigenvalue weighted by atomic mass is 10.4. The number of nitrogens with zero attached hydrogens (tertiary/aromatic N) is 2. The van der Waals surface area contributed by atoms with E-state index in [4.69, 9.17) is 0 Å². The molecule has 0 amide bonds. The van der Waals surface area contributed by atoms with Crippen LogP contribution in [-0.2, 0) is 9.59 Å². The maximum atomic E-state index is 9.78. The predicted molar refractivity (Wildman–Crippen MR) is 23.9 cm³/mol. The van der Waals surface area contributed by atoms with Crippen molar-refractivity contribution in [2.24, 2.45) is 0 Å². The molecule has 9 heavy (non-hydrogen) atoms. The van der Waals surface area contributed by atoms with Crippen molar-refractivity contribution < 1.29 is 14.2 Å². The van der Waals surface area contributed by atoms with Crippen molar-refractivity contribution in [2.45, 2.75) is 0 Å². The summed E-state index contributed by atoms with van der Waals surface area (Å²) >= 11 is 0. The van der Waals surface area contributed by atoms with Gasteiger partial charge in [-0.25, -0.2) is 4.63 Å². The van der Waals surface area contributed by atoms with E-state index in [9.17, 15) is 9.59 Å². The number of carbonyl (C=O) groups excluding carboxylic acids is 2. The van der Waals surface area contributed by atoms with Crippen molar-refractivity contribution in [3.05, 3.63) is 11.4 Å². The highest BCUT2D eigenvalue weighted by atomic mass is 16.6. The molecular formula is C4N2O3. The van der Waals surface area contributed by atoms with Crippen LogP contribution in [0, 0.1) is 0 Å². The molecular weight excluding hydrogens is 124 g/mol. The van der Waals surface area contributed by atoms with Crippen LogP contribution in [0.5, 0.6) is 0 Å². The Balaban J connectivity index is 3.12. The third-order valence-corrected chi connectivity index (χ3v) is 0.682. The average molecular weight is 124 g/mol. The molecule has 0 saturated heterocycles. The van der Waals surface area contributed by atoms with Crippen LogP contribution in [0.3, 0.4) is 0 Å². The van der Waals surface area contributed by atoms with E-state index in [1.54, 1.807) is 0 Å². The largest absolute Gasteiger partial charge is 0.283 e. The first-order chi connectivity index (χ1) is 4.38. The molecule has 1 aromatic rings. The summed E-state index contributed by atoms with van der Waals surface area (Å²) in [7, 11) is 0. The quantitative estimate of drug-likeness (QED) is 0.504. The second-order valence-corrected chi connectivity index (χ2v) is 1.17. The van der Waals surface area contributed by atoms with Crippen LogP contribution in [0.2, 0.25) is 0 Å². The van der Waals surface area contributed by atoms with Crippen LogP contribution in [-0.4, -0.2) is 22.9 Å². The Morgan fingerprint density at radius 2 is 1.56 bits per heavy atom. The highest BCUT2D eigenvalue weighted by molar-refractivity contribution is 5.86. The lowest BCUT2D eigenvalue weighted by Crippen LogP contribution is -1.87. The maximum absolute atomic E-state index is 9.78. The van der Waals surface area contributed by atoms with Gasteiger partial charge in [0, 0.05) is 0 Å². The van der Waals surface area contributed by atoms with Crippen LogP contribution >= 0.6 is 0 Å². The van der Waals surface area contributed by atoms with Crippen LogP contribution in [0.15, 0.2) is 4.63 Å². The summed E-state index contributed by atoms with van der Waals surface area (Å²) in [6.45, 7) is 0. The lowest BCUT2D eigenvalue weighted by Gasteiger charge is -1.67. The van der Waals surface area contributed by atoms with Crippen LogP contribution in [0.25, 0.3) is 0 Å².